The molecular weight excluding hydrogens is 292 g/mol. The second-order valence-corrected chi connectivity index (χ2v) is 6.23. The van der Waals surface area contributed by atoms with Crippen LogP contribution in [0, 0.1) is 0 Å². The highest BCUT2D eigenvalue weighted by atomic mass is 79.9. The second kappa shape index (κ2) is 5.74. The number of nitrogens with zero attached hydrogens (tertiary/aromatic N) is 2. The number of carbonyl (C=O) groups is 1. The van der Waals surface area contributed by atoms with Gasteiger partial charge in [-0.3, -0.25) is 4.79 Å². The summed E-state index contributed by atoms with van der Waals surface area (Å²) >= 11 is 3.61. The zero-order valence-electron chi connectivity index (χ0n) is 10.9. The predicted octanol–water partition coefficient (Wildman–Crippen LogP) is 2.75. The smallest absolute Gasteiger partial charge is 0.253 e. The van der Waals surface area contributed by atoms with Crippen molar-refractivity contribution >= 4 is 27.5 Å². The SMILES string of the molecule is CN(C)c1cccc(C(=O)N2CCCC(Br)C2)c1. The van der Waals surface area contributed by atoms with E-state index in [0.29, 0.717) is 4.83 Å². The first-order valence-electron chi connectivity index (χ1n) is 6.28. The van der Waals surface area contributed by atoms with Crippen LogP contribution in [-0.2, 0) is 0 Å². The van der Waals surface area contributed by atoms with Crippen LogP contribution in [0.15, 0.2) is 24.3 Å². The maximum Gasteiger partial charge on any atom is 0.253 e. The Labute approximate surface area is 117 Å². The third kappa shape index (κ3) is 3.05. The van der Waals surface area contributed by atoms with Crippen LogP contribution >= 0.6 is 15.9 Å². The van der Waals surface area contributed by atoms with E-state index >= 15 is 0 Å². The van der Waals surface area contributed by atoms with Crippen LogP contribution in [0.3, 0.4) is 0 Å². The number of alkyl halides is 1. The van der Waals surface area contributed by atoms with E-state index in [2.05, 4.69) is 15.9 Å². The predicted molar refractivity (Wildman–Crippen MR) is 78.6 cm³/mol. The van der Waals surface area contributed by atoms with Crippen LogP contribution in [0.5, 0.6) is 0 Å². The van der Waals surface area contributed by atoms with Crippen molar-refractivity contribution < 1.29 is 4.79 Å². The van der Waals surface area contributed by atoms with Crippen molar-refractivity contribution in [3.05, 3.63) is 29.8 Å². The van der Waals surface area contributed by atoms with Gasteiger partial charge in [-0.1, -0.05) is 22.0 Å². The van der Waals surface area contributed by atoms with Crippen LogP contribution in [-0.4, -0.2) is 42.8 Å². The Balaban J connectivity index is 2.15. The van der Waals surface area contributed by atoms with Gasteiger partial charge >= 0.3 is 0 Å². The van der Waals surface area contributed by atoms with Gasteiger partial charge in [0.05, 0.1) is 0 Å². The van der Waals surface area contributed by atoms with E-state index < -0.39 is 0 Å². The fourth-order valence-corrected chi connectivity index (χ4v) is 2.88. The minimum atomic E-state index is 0.142. The monoisotopic (exact) mass is 310 g/mol. The van der Waals surface area contributed by atoms with Gasteiger partial charge in [0, 0.05) is 43.3 Å². The van der Waals surface area contributed by atoms with Crippen molar-refractivity contribution in [2.75, 3.05) is 32.1 Å². The molecule has 1 unspecified atom stereocenters. The number of carbonyl (C=O) groups excluding carboxylic acids is 1. The van der Waals surface area contributed by atoms with Gasteiger partial charge in [0.2, 0.25) is 0 Å². The highest BCUT2D eigenvalue weighted by molar-refractivity contribution is 9.09. The minimum absolute atomic E-state index is 0.142. The van der Waals surface area contributed by atoms with E-state index in [1.165, 1.54) is 0 Å². The van der Waals surface area contributed by atoms with Gasteiger partial charge in [0.25, 0.3) is 5.91 Å². The Morgan fingerprint density at radius 2 is 2.22 bits per heavy atom. The van der Waals surface area contributed by atoms with Crippen LogP contribution in [0.2, 0.25) is 0 Å². The Morgan fingerprint density at radius 1 is 1.44 bits per heavy atom. The van der Waals surface area contributed by atoms with Crippen molar-refractivity contribution in [3.63, 3.8) is 0 Å². The fourth-order valence-electron chi connectivity index (χ4n) is 2.21. The molecule has 1 atom stereocenters. The molecule has 0 aromatic heterocycles. The van der Waals surface area contributed by atoms with Gasteiger partial charge in [0.1, 0.15) is 0 Å². The molecule has 0 radical (unpaired) electrons. The molecule has 1 heterocycles. The lowest BCUT2D eigenvalue weighted by molar-refractivity contribution is 0.0730. The van der Waals surface area contributed by atoms with Crippen molar-refractivity contribution in [1.29, 1.82) is 0 Å². The van der Waals surface area contributed by atoms with E-state index in [4.69, 9.17) is 0 Å². The Morgan fingerprint density at radius 3 is 2.89 bits per heavy atom. The number of hydrogen-bond acceptors (Lipinski definition) is 2. The molecule has 98 valence electrons. The zero-order chi connectivity index (χ0) is 13.1. The highest BCUT2D eigenvalue weighted by Gasteiger charge is 2.22. The number of halogens is 1. The maximum absolute atomic E-state index is 12.4. The molecule has 1 aromatic carbocycles. The molecule has 0 bridgehead atoms. The second-order valence-electron chi connectivity index (χ2n) is 4.94. The summed E-state index contributed by atoms with van der Waals surface area (Å²) in [7, 11) is 3.97. The zero-order valence-corrected chi connectivity index (χ0v) is 12.5. The minimum Gasteiger partial charge on any atom is -0.378 e. The molecule has 0 saturated carbocycles. The third-order valence-corrected chi connectivity index (χ3v) is 4.01. The number of anilines is 1. The summed E-state index contributed by atoms with van der Waals surface area (Å²) in [6.07, 6.45) is 2.23. The lowest BCUT2D eigenvalue weighted by Crippen LogP contribution is -2.40. The van der Waals surface area contributed by atoms with E-state index in [9.17, 15) is 4.79 Å². The van der Waals surface area contributed by atoms with E-state index in [-0.39, 0.29) is 5.91 Å². The van der Waals surface area contributed by atoms with Gasteiger partial charge in [-0.05, 0) is 31.0 Å². The van der Waals surface area contributed by atoms with Crippen LogP contribution in [0.1, 0.15) is 23.2 Å². The number of hydrogen-bond donors (Lipinski definition) is 0. The van der Waals surface area contributed by atoms with Crippen LogP contribution in [0.4, 0.5) is 5.69 Å². The molecule has 1 aromatic rings. The summed E-state index contributed by atoms with van der Waals surface area (Å²) in [5.74, 6) is 0.142. The largest absolute Gasteiger partial charge is 0.378 e. The molecule has 0 N–H and O–H groups in total. The average molecular weight is 311 g/mol. The summed E-state index contributed by atoms with van der Waals surface area (Å²) in [6, 6.07) is 7.81. The molecule has 1 fully saturated rings. The lowest BCUT2D eigenvalue weighted by Gasteiger charge is -2.30. The summed E-state index contributed by atoms with van der Waals surface area (Å²) in [6.45, 7) is 1.68. The summed E-state index contributed by atoms with van der Waals surface area (Å²) in [4.78, 5) is 16.8. The fraction of sp³-hybridized carbons (Fsp3) is 0.500. The molecule has 1 aliphatic heterocycles. The van der Waals surface area contributed by atoms with Gasteiger partial charge in [-0.2, -0.15) is 0 Å². The average Bonchev–Trinajstić information content (AvgIpc) is 2.38. The van der Waals surface area contributed by atoms with Crippen molar-refractivity contribution in [3.8, 4) is 0 Å². The van der Waals surface area contributed by atoms with Gasteiger partial charge in [0.15, 0.2) is 0 Å². The molecule has 3 nitrogen and oxygen atoms in total. The molecule has 1 amide bonds. The normalized spacial score (nSPS) is 19.7. The number of likely N-dealkylation sites (tertiary alicyclic amines) is 1. The topological polar surface area (TPSA) is 23.6 Å². The third-order valence-electron chi connectivity index (χ3n) is 3.26. The van der Waals surface area contributed by atoms with Gasteiger partial charge < -0.3 is 9.80 Å². The first-order chi connectivity index (χ1) is 8.58. The van der Waals surface area contributed by atoms with Crippen molar-refractivity contribution in [2.24, 2.45) is 0 Å². The Hall–Kier alpha value is -1.03. The molecule has 1 saturated heterocycles. The highest BCUT2D eigenvalue weighted by Crippen LogP contribution is 2.20. The number of amides is 1. The Bertz CT molecular complexity index is 434. The first kappa shape index (κ1) is 13.4. The van der Waals surface area contributed by atoms with E-state index in [1.807, 2.05) is 48.2 Å². The van der Waals surface area contributed by atoms with E-state index in [0.717, 1.165) is 37.2 Å². The summed E-state index contributed by atoms with van der Waals surface area (Å²) in [5.41, 5.74) is 1.84. The molecule has 0 spiro atoms. The van der Waals surface area contributed by atoms with Crippen molar-refractivity contribution in [2.45, 2.75) is 17.7 Å². The number of rotatable bonds is 2. The van der Waals surface area contributed by atoms with E-state index in [1.54, 1.807) is 0 Å². The maximum atomic E-state index is 12.4. The van der Waals surface area contributed by atoms with Crippen LogP contribution < -0.4 is 4.90 Å². The standard InChI is InChI=1S/C14H19BrN2O/c1-16(2)13-7-3-5-11(9-13)14(18)17-8-4-6-12(15)10-17/h3,5,7,9,12H,4,6,8,10H2,1-2H3. The molecule has 18 heavy (non-hydrogen) atoms. The molecular formula is C14H19BrN2O. The number of benzene rings is 1. The van der Waals surface area contributed by atoms with Crippen molar-refractivity contribution in [1.82, 2.24) is 4.90 Å². The molecule has 2 rings (SSSR count). The molecule has 4 heteroatoms. The lowest BCUT2D eigenvalue weighted by atomic mass is 10.1. The summed E-state index contributed by atoms with van der Waals surface area (Å²) in [5, 5.41) is 0. The number of piperidine rings is 1. The van der Waals surface area contributed by atoms with Crippen LogP contribution in [0.25, 0.3) is 0 Å². The van der Waals surface area contributed by atoms with Gasteiger partial charge in [-0.15, -0.1) is 0 Å². The molecule has 0 aliphatic carbocycles. The van der Waals surface area contributed by atoms with Gasteiger partial charge in [-0.25, -0.2) is 0 Å². The first-order valence-corrected chi connectivity index (χ1v) is 7.20. The quantitative estimate of drug-likeness (QED) is 0.784. The molecule has 1 aliphatic rings. The summed E-state index contributed by atoms with van der Waals surface area (Å²) < 4.78 is 0. The Kier molecular flexibility index (Phi) is 4.27.